The minimum atomic E-state index is 0.0820. The number of benzene rings is 1. The van der Waals surface area contributed by atoms with Crippen molar-refractivity contribution < 1.29 is 14.3 Å². The number of likely N-dealkylation sites (N-methyl/N-ethyl adjacent to an activating group) is 1. The lowest BCUT2D eigenvalue weighted by molar-refractivity contribution is -0.136. The predicted octanol–water partition coefficient (Wildman–Crippen LogP) is 3.65. The van der Waals surface area contributed by atoms with E-state index in [1.54, 1.807) is 6.92 Å². The highest BCUT2D eigenvalue weighted by Gasteiger charge is 2.68. The Balaban J connectivity index is 1.58. The fourth-order valence-electron chi connectivity index (χ4n) is 6.45. The minimum Gasteiger partial charge on any atom is -0.492 e. The van der Waals surface area contributed by atoms with Crippen LogP contribution >= 0.6 is 0 Å². The average Bonchev–Trinajstić information content (AvgIpc) is 3.14. The maximum atomic E-state index is 12.0. The Morgan fingerprint density at radius 2 is 2.14 bits per heavy atom. The van der Waals surface area contributed by atoms with Crippen LogP contribution in [0.4, 0.5) is 0 Å². The second-order valence-electron chi connectivity index (χ2n) is 10.2. The van der Waals surface area contributed by atoms with Gasteiger partial charge in [-0.25, -0.2) is 0 Å². The smallest absolute Gasteiger partial charge is 0.217 e. The van der Waals surface area contributed by atoms with Gasteiger partial charge in [-0.15, -0.1) is 0 Å². The molecular formula is C24H36N2O3. The SMILES string of the molecule is CC(=O)N[C@H]1C(C)(C)[C@@H]2C[C@@H]3[C@@H](c4cccc(OCCN(C)C)c4)OCC[C@@]31C2. The summed E-state index contributed by atoms with van der Waals surface area (Å²) in [7, 11) is 4.11. The van der Waals surface area contributed by atoms with Crippen LogP contribution in [0.3, 0.4) is 0 Å². The highest BCUT2D eigenvalue weighted by atomic mass is 16.5. The van der Waals surface area contributed by atoms with Crippen molar-refractivity contribution in [3.8, 4) is 5.75 Å². The number of ether oxygens (including phenoxy) is 2. The molecule has 0 aromatic heterocycles. The number of nitrogens with one attached hydrogen (secondary N) is 1. The van der Waals surface area contributed by atoms with Gasteiger partial charge in [-0.05, 0) is 73.7 Å². The zero-order valence-electron chi connectivity index (χ0n) is 18.5. The lowest BCUT2D eigenvalue weighted by atomic mass is 9.59. The first kappa shape index (κ1) is 20.7. The van der Waals surface area contributed by atoms with Crippen LogP contribution in [0.25, 0.3) is 0 Å². The Labute approximate surface area is 175 Å². The van der Waals surface area contributed by atoms with Gasteiger partial charge < -0.3 is 19.7 Å². The molecule has 1 aromatic carbocycles. The number of fused-ring (bicyclic) bond motifs is 1. The number of nitrogens with zero attached hydrogens (tertiary/aromatic N) is 1. The van der Waals surface area contributed by atoms with E-state index in [0.717, 1.165) is 25.3 Å². The van der Waals surface area contributed by atoms with Crippen LogP contribution < -0.4 is 10.1 Å². The zero-order valence-corrected chi connectivity index (χ0v) is 18.5. The molecule has 1 aliphatic heterocycles. The lowest BCUT2D eigenvalue weighted by Gasteiger charge is -2.53. The van der Waals surface area contributed by atoms with E-state index in [4.69, 9.17) is 9.47 Å². The van der Waals surface area contributed by atoms with E-state index in [1.807, 2.05) is 6.07 Å². The van der Waals surface area contributed by atoms with Crippen molar-refractivity contribution >= 4 is 5.91 Å². The fourth-order valence-corrected chi connectivity index (χ4v) is 6.45. The quantitative estimate of drug-likeness (QED) is 0.792. The molecule has 29 heavy (non-hydrogen) atoms. The van der Waals surface area contributed by atoms with Gasteiger partial charge in [0.2, 0.25) is 5.91 Å². The second kappa shape index (κ2) is 7.59. The predicted molar refractivity (Wildman–Crippen MR) is 114 cm³/mol. The molecule has 5 heteroatoms. The number of amides is 1. The molecule has 2 saturated carbocycles. The molecule has 4 rings (SSSR count). The maximum absolute atomic E-state index is 12.0. The molecule has 0 unspecified atom stereocenters. The van der Waals surface area contributed by atoms with Crippen LogP contribution in [-0.4, -0.2) is 50.7 Å². The summed E-state index contributed by atoms with van der Waals surface area (Å²) in [6.45, 7) is 8.66. The van der Waals surface area contributed by atoms with Crippen molar-refractivity contribution in [2.75, 3.05) is 33.9 Å². The van der Waals surface area contributed by atoms with Crippen LogP contribution in [-0.2, 0) is 9.53 Å². The molecule has 2 aliphatic carbocycles. The first-order valence-electron chi connectivity index (χ1n) is 11.0. The third-order valence-electron chi connectivity index (χ3n) is 7.85. The molecule has 1 N–H and O–H groups in total. The largest absolute Gasteiger partial charge is 0.492 e. The Morgan fingerprint density at radius 1 is 1.34 bits per heavy atom. The van der Waals surface area contributed by atoms with Gasteiger partial charge in [0.15, 0.2) is 0 Å². The molecule has 0 radical (unpaired) electrons. The van der Waals surface area contributed by atoms with Crippen LogP contribution in [0.1, 0.15) is 51.7 Å². The van der Waals surface area contributed by atoms with Gasteiger partial charge in [-0.1, -0.05) is 26.0 Å². The van der Waals surface area contributed by atoms with E-state index in [-0.39, 0.29) is 28.9 Å². The van der Waals surface area contributed by atoms with Crippen molar-refractivity contribution in [2.24, 2.45) is 22.7 Å². The maximum Gasteiger partial charge on any atom is 0.217 e. The summed E-state index contributed by atoms with van der Waals surface area (Å²) in [6, 6.07) is 8.66. The molecular weight excluding hydrogens is 364 g/mol. The standard InChI is InChI=1S/C24H36N2O3/c1-16(27)25-22-23(2,3)18-14-20-21(29-11-9-24(20,22)15-18)17-7-6-8-19(13-17)28-12-10-26(4)5/h6-8,13,18,20-22H,9-12,14-15H2,1-5H3,(H,25,27)/t18-,20-,21-,22+,24-/m1/s1. The first-order valence-corrected chi connectivity index (χ1v) is 11.0. The third-order valence-corrected chi connectivity index (χ3v) is 7.85. The van der Waals surface area contributed by atoms with E-state index < -0.39 is 0 Å². The van der Waals surface area contributed by atoms with E-state index in [1.165, 1.54) is 18.4 Å². The summed E-state index contributed by atoms with van der Waals surface area (Å²) >= 11 is 0. The minimum absolute atomic E-state index is 0.0820. The topological polar surface area (TPSA) is 50.8 Å². The fraction of sp³-hybridized carbons (Fsp3) is 0.708. The van der Waals surface area contributed by atoms with Crippen molar-refractivity contribution in [3.63, 3.8) is 0 Å². The summed E-state index contributed by atoms with van der Waals surface area (Å²) < 4.78 is 12.3. The summed E-state index contributed by atoms with van der Waals surface area (Å²) in [6.07, 6.45) is 3.50. The molecule has 160 valence electrons. The first-order chi connectivity index (χ1) is 13.7. The van der Waals surface area contributed by atoms with E-state index in [0.29, 0.717) is 18.4 Å². The molecule has 1 saturated heterocycles. The summed E-state index contributed by atoms with van der Waals surface area (Å²) in [5.41, 5.74) is 1.49. The van der Waals surface area contributed by atoms with E-state index >= 15 is 0 Å². The van der Waals surface area contributed by atoms with Crippen molar-refractivity contribution in [2.45, 2.75) is 52.2 Å². The van der Waals surface area contributed by atoms with Crippen LogP contribution in [0, 0.1) is 22.7 Å². The average molecular weight is 401 g/mol. The Hall–Kier alpha value is -1.59. The lowest BCUT2D eigenvalue weighted by Crippen LogP contribution is -2.58. The number of hydrogen-bond donors (Lipinski definition) is 1. The molecule has 1 heterocycles. The number of hydrogen-bond acceptors (Lipinski definition) is 4. The number of carbonyl (C=O) groups is 1. The Morgan fingerprint density at radius 3 is 2.86 bits per heavy atom. The number of rotatable bonds is 6. The van der Waals surface area contributed by atoms with Crippen molar-refractivity contribution in [3.05, 3.63) is 29.8 Å². The molecule has 3 aliphatic rings. The van der Waals surface area contributed by atoms with Gasteiger partial charge in [-0.2, -0.15) is 0 Å². The molecule has 3 fully saturated rings. The highest BCUT2D eigenvalue weighted by molar-refractivity contribution is 5.73. The number of carbonyl (C=O) groups excluding carboxylic acids is 1. The van der Waals surface area contributed by atoms with Crippen LogP contribution in [0.2, 0.25) is 0 Å². The van der Waals surface area contributed by atoms with Crippen molar-refractivity contribution in [1.82, 2.24) is 10.2 Å². The molecule has 5 nitrogen and oxygen atoms in total. The molecule has 1 aromatic rings. The Kier molecular flexibility index (Phi) is 5.41. The van der Waals surface area contributed by atoms with Gasteiger partial charge in [0, 0.05) is 26.1 Å². The molecule has 1 amide bonds. The monoisotopic (exact) mass is 400 g/mol. The third kappa shape index (κ3) is 3.57. The van der Waals surface area contributed by atoms with E-state index in [9.17, 15) is 4.79 Å². The Bertz CT molecular complexity index is 762. The normalized spacial score (nSPS) is 34.8. The van der Waals surface area contributed by atoms with Crippen LogP contribution in [0.5, 0.6) is 5.75 Å². The molecule has 2 bridgehead atoms. The zero-order chi connectivity index (χ0) is 20.8. The van der Waals surface area contributed by atoms with E-state index in [2.05, 4.69) is 56.4 Å². The van der Waals surface area contributed by atoms with Gasteiger partial charge in [-0.3, -0.25) is 4.79 Å². The van der Waals surface area contributed by atoms with Crippen molar-refractivity contribution in [1.29, 1.82) is 0 Å². The molecule has 1 spiro atoms. The van der Waals surface area contributed by atoms with Gasteiger partial charge in [0.1, 0.15) is 12.4 Å². The second-order valence-corrected chi connectivity index (χ2v) is 10.2. The highest BCUT2D eigenvalue weighted by Crippen LogP contribution is 2.70. The molecule has 5 atom stereocenters. The summed E-state index contributed by atoms with van der Waals surface area (Å²) in [4.78, 5) is 14.1. The van der Waals surface area contributed by atoms with Crippen LogP contribution in [0.15, 0.2) is 24.3 Å². The summed E-state index contributed by atoms with van der Waals surface area (Å²) in [5, 5.41) is 3.35. The van der Waals surface area contributed by atoms with Gasteiger partial charge in [0.05, 0.1) is 6.10 Å². The van der Waals surface area contributed by atoms with Gasteiger partial charge in [0.25, 0.3) is 0 Å². The summed E-state index contributed by atoms with van der Waals surface area (Å²) in [5.74, 6) is 2.08. The van der Waals surface area contributed by atoms with Gasteiger partial charge >= 0.3 is 0 Å².